The lowest BCUT2D eigenvalue weighted by molar-refractivity contribution is 0.559. The van der Waals surface area contributed by atoms with Crippen molar-refractivity contribution in [3.63, 3.8) is 0 Å². The van der Waals surface area contributed by atoms with Crippen LogP contribution in [0.1, 0.15) is 25.5 Å². The fourth-order valence-electron chi connectivity index (χ4n) is 0.717. The summed E-state index contributed by atoms with van der Waals surface area (Å²) >= 11 is 0. The molecule has 0 aliphatic carbocycles. The number of hydrogen-bond donors (Lipinski definition) is 0. The van der Waals surface area contributed by atoms with Crippen LogP contribution in [-0.2, 0) is 10.6 Å². The number of hydrogen-bond acceptors (Lipinski definition) is 4. The minimum absolute atomic E-state index is 0.547. The van der Waals surface area contributed by atoms with Crippen LogP contribution in [0.5, 0.6) is 0 Å². The molecule has 0 atom stereocenters. The summed E-state index contributed by atoms with van der Waals surface area (Å²) in [5.41, 5.74) is 1.16. The molecule has 1 rings (SSSR count). The zero-order valence-electron chi connectivity index (χ0n) is 7.47. The maximum Gasteiger partial charge on any atom is 0.425 e. The molecule has 0 saturated carbocycles. The average molecular weight is 201 g/mol. The molecule has 0 aromatic carbocycles. The molecule has 0 aliphatic heterocycles. The fraction of sp³-hybridized carbons (Fsp3) is 0.375. The third kappa shape index (κ3) is 7.14. The van der Waals surface area contributed by atoms with Gasteiger partial charge in [-0.2, -0.15) is 0 Å². The molecule has 0 radical (unpaired) electrons. The van der Waals surface area contributed by atoms with E-state index in [-0.39, 0.29) is 0 Å². The summed E-state index contributed by atoms with van der Waals surface area (Å²) in [6.45, 7) is 4.28. The van der Waals surface area contributed by atoms with Crippen molar-refractivity contribution in [2.45, 2.75) is 19.8 Å². The first kappa shape index (κ1) is 11.8. The number of pyridine rings is 1. The number of nitrogens with zero attached hydrogens (tertiary/aromatic N) is 1. The van der Waals surface area contributed by atoms with E-state index in [1.165, 1.54) is 0 Å². The highest BCUT2D eigenvalue weighted by Crippen LogP contribution is 2.08. The van der Waals surface area contributed by atoms with Gasteiger partial charge >= 0.3 is 10.6 Å². The molecule has 0 unspecified atom stereocenters. The summed E-state index contributed by atoms with van der Waals surface area (Å²) in [7, 11) is -3.11. The molecule has 0 fully saturated rings. The molecule has 0 aliphatic rings. The molecule has 0 amide bonds. The Labute approximate surface area is 78.7 Å². The van der Waals surface area contributed by atoms with E-state index in [0.717, 1.165) is 5.69 Å². The number of rotatable bonds is 1. The zero-order valence-corrected chi connectivity index (χ0v) is 8.28. The lowest BCUT2D eigenvalue weighted by Crippen LogP contribution is -1.88. The van der Waals surface area contributed by atoms with E-state index in [1.807, 2.05) is 24.4 Å². The quantitative estimate of drug-likeness (QED) is 0.684. The molecule has 0 saturated heterocycles. The predicted molar refractivity (Wildman–Crippen MR) is 48.0 cm³/mol. The minimum atomic E-state index is -3.11. The zero-order chi connectivity index (χ0) is 10.3. The van der Waals surface area contributed by atoms with E-state index >= 15 is 0 Å². The van der Waals surface area contributed by atoms with Gasteiger partial charge in [0.1, 0.15) is 0 Å². The third-order valence-corrected chi connectivity index (χ3v) is 1.28. The summed E-state index contributed by atoms with van der Waals surface area (Å²) in [4.78, 5) is 4.18. The van der Waals surface area contributed by atoms with E-state index in [2.05, 4.69) is 18.8 Å². The van der Waals surface area contributed by atoms with Crippen LogP contribution < -0.4 is 0 Å². The van der Waals surface area contributed by atoms with E-state index in [4.69, 9.17) is 12.6 Å². The van der Waals surface area contributed by atoms with E-state index in [0.29, 0.717) is 5.92 Å². The molecule has 1 aromatic heterocycles. The number of aromatic nitrogens is 1. The van der Waals surface area contributed by atoms with Crippen molar-refractivity contribution < 1.29 is 12.6 Å². The monoisotopic (exact) mass is 201 g/mol. The van der Waals surface area contributed by atoms with Crippen LogP contribution in [0.25, 0.3) is 0 Å². The van der Waals surface area contributed by atoms with Crippen molar-refractivity contribution in [2.75, 3.05) is 0 Å². The lowest BCUT2D eigenvalue weighted by atomic mass is 10.1. The molecule has 5 heteroatoms. The van der Waals surface area contributed by atoms with Crippen LogP contribution in [0.3, 0.4) is 0 Å². The molecular formula is C8H11NO3S. The maximum atomic E-state index is 8.44. The maximum absolute atomic E-state index is 8.44. The second-order valence-electron chi connectivity index (χ2n) is 2.61. The van der Waals surface area contributed by atoms with Crippen molar-refractivity contribution in [2.24, 2.45) is 0 Å². The minimum Gasteiger partial charge on any atom is -0.261 e. The van der Waals surface area contributed by atoms with Gasteiger partial charge in [0.05, 0.1) is 0 Å². The average Bonchev–Trinajstić information content (AvgIpc) is 2.05. The Morgan fingerprint density at radius 2 is 1.77 bits per heavy atom. The van der Waals surface area contributed by atoms with E-state index in [9.17, 15) is 0 Å². The first-order valence-corrected chi connectivity index (χ1v) is 4.71. The lowest BCUT2D eigenvalue weighted by Gasteiger charge is -2.00. The largest absolute Gasteiger partial charge is 0.425 e. The van der Waals surface area contributed by atoms with Gasteiger partial charge in [-0.05, 0) is 18.1 Å². The van der Waals surface area contributed by atoms with Crippen molar-refractivity contribution >= 4 is 10.6 Å². The summed E-state index contributed by atoms with van der Waals surface area (Å²) in [6, 6.07) is 6.00. The second kappa shape index (κ2) is 6.30. The van der Waals surface area contributed by atoms with Gasteiger partial charge in [-0.1, -0.05) is 19.9 Å². The van der Waals surface area contributed by atoms with Crippen molar-refractivity contribution in [1.82, 2.24) is 4.98 Å². The molecule has 13 heavy (non-hydrogen) atoms. The Hall–Kier alpha value is -1.23. The topological polar surface area (TPSA) is 64.1 Å². The van der Waals surface area contributed by atoms with Gasteiger partial charge in [0.2, 0.25) is 0 Å². The van der Waals surface area contributed by atoms with E-state index in [1.54, 1.807) is 0 Å². The fourth-order valence-corrected chi connectivity index (χ4v) is 0.717. The molecule has 0 spiro atoms. The molecular weight excluding hydrogens is 190 g/mol. The normalized spacial score (nSPS) is 8.85. The standard InChI is InChI=1S/C8H11N.O3S/c1-7(2)8-5-3-4-6-9-8;1-4(2)3/h3-7H,1-2H3;. The molecule has 0 N–H and O–H groups in total. The second-order valence-corrected chi connectivity index (χ2v) is 3.02. The van der Waals surface area contributed by atoms with Crippen molar-refractivity contribution in [1.29, 1.82) is 0 Å². The SMILES string of the molecule is CC(C)c1ccccn1.O=S(=O)=O. The predicted octanol–water partition coefficient (Wildman–Crippen LogP) is 1.20. The summed E-state index contributed by atoms with van der Waals surface area (Å²) in [6.07, 6.45) is 1.83. The molecule has 1 aromatic rings. The highest BCUT2D eigenvalue weighted by atomic mass is 32.2. The highest BCUT2D eigenvalue weighted by molar-refractivity contribution is 7.59. The van der Waals surface area contributed by atoms with Crippen LogP contribution >= 0.6 is 0 Å². The van der Waals surface area contributed by atoms with Crippen LogP contribution in [0, 0.1) is 0 Å². The molecule has 72 valence electrons. The Balaban J connectivity index is 0.000000310. The van der Waals surface area contributed by atoms with Gasteiger partial charge in [-0.15, -0.1) is 12.6 Å². The smallest absolute Gasteiger partial charge is 0.261 e. The highest BCUT2D eigenvalue weighted by Gasteiger charge is 1.95. The van der Waals surface area contributed by atoms with Crippen LogP contribution in [0.4, 0.5) is 0 Å². The molecule has 4 nitrogen and oxygen atoms in total. The Morgan fingerprint density at radius 3 is 2.00 bits per heavy atom. The summed E-state index contributed by atoms with van der Waals surface area (Å²) < 4.78 is 25.3. The van der Waals surface area contributed by atoms with Gasteiger partial charge in [-0.25, -0.2) is 0 Å². The van der Waals surface area contributed by atoms with Gasteiger partial charge in [0.15, 0.2) is 0 Å². The third-order valence-electron chi connectivity index (χ3n) is 1.28. The summed E-state index contributed by atoms with van der Waals surface area (Å²) in [5.74, 6) is 0.547. The molecule has 1 heterocycles. The van der Waals surface area contributed by atoms with Gasteiger partial charge in [0.25, 0.3) is 0 Å². The van der Waals surface area contributed by atoms with Gasteiger partial charge in [-0.3, -0.25) is 4.98 Å². The Kier molecular flexibility index (Phi) is 5.71. The first-order chi connectivity index (χ1) is 6.04. The molecule has 0 bridgehead atoms. The van der Waals surface area contributed by atoms with Gasteiger partial charge in [0, 0.05) is 11.9 Å². The van der Waals surface area contributed by atoms with Crippen LogP contribution in [-0.4, -0.2) is 17.6 Å². The van der Waals surface area contributed by atoms with Crippen LogP contribution in [0.15, 0.2) is 24.4 Å². The van der Waals surface area contributed by atoms with E-state index < -0.39 is 10.6 Å². The first-order valence-electron chi connectivity index (χ1n) is 3.71. The van der Waals surface area contributed by atoms with Gasteiger partial charge < -0.3 is 0 Å². The van der Waals surface area contributed by atoms with Crippen molar-refractivity contribution in [3.05, 3.63) is 30.1 Å². The Bertz CT molecular complexity index is 323. The Morgan fingerprint density at radius 1 is 1.23 bits per heavy atom. The van der Waals surface area contributed by atoms with Crippen LogP contribution in [0.2, 0.25) is 0 Å². The van der Waals surface area contributed by atoms with Crippen molar-refractivity contribution in [3.8, 4) is 0 Å². The summed E-state index contributed by atoms with van der Waals surface area (Å²) in [5, 5.41) is 0.